The Labute approximate surface area is 165 Å². The molecule has 150 valence electrons. The molecule has 28 heavy (non-hydrogen) atoms. The lowest BCUT2D eigenvalue weighted by Crippen LogP contribution is -2.47. The zero-order chi connectivity index (χ0) is 20.1. The highest BCUT2D eigenvalue weighted by atomic mass is 16.5. The highest BCUT2D eigenvalue weighted by Gasteiger charge is 2.31. The van der Waals surface area contributed by atoms with Crippen LogP contribution < -0.4 is 0 Å². The number of nitrogens with zero attached hydrogens (tertiary/aromatic N) is 4. The van der Waals surface area contributed by atoms with Gasteiger partial charge in [0, 0.05) is 52.0 Å². The Morgan fingerprint density at radius 2 is 2.14 bits per heavy atom. The lowest BCUT2D eigenvalue weighted by Gasteiger charge is -2.33. The topological polar surface area (TPSA) is 67.7 Å². The fraction of sp³-hybridized carbons (Fsp3) is 0.476. The Hall–Kier alpha value is -2.67. The Bertz CT molecular complexity index is 833. The third-order valence-corrected chi connectivity index (χ3v) is 5.21. The first-order valence-electron chi connectivity index (χ1n) is 9.61. The van der Waals surface area contributed by atoms with Crippen molar-refractivity contribution < 1.29 is 14.3 Å². The van der Waals surface area contributed by atoms with E-state index >= 15 is 0 Å². The van der Waals surface area contributed by atoms with Crippen LogP contribution in [0.1, 0.15) is 24.0 Å². The highest BCUT2D eigenvalue weighted by Crippen LogP contribution is 2.21. The summed E-state index contributed by atoms with van der Waals surface area (Å²) in [5, 5.41) is 4.44. The molecule has 0 radical (unpaired) electrons. The molecular weight excluding hydrogens is 356 g/mol. The first-order chi connectivity index (χ1) is 13.5. The summed E-state index contributed by atoms with van der Waals surface area (Å²) in [7, 11) is 3.42. The largest absolute Gasteiger partial charge is 0.383 e. The molecule has 1 aromatic heterocycles. The van der Waals surface area contributed by atoms with Crippen molar-refractivity contribution in [3.8, 4) is 5.69 Å². The summed E-state index contributed by atoms with van der Waals surface area (Å²) in [5.41, 5.74) is 3.15. The third-order valence-electron chi connectivity index (χ3n) is 5.21. The fourth-order valence-corrected chi connectivity index (χ4v) is 3.59. The number of benzene rings is 1. The van der Waals surface area contributed by atoms with E-state index in [-0.39, 0.29) is 17.7 Å². The SMILES string of the molecule is COCCN1C[C@H](C(=O)N(C)Cc2cnn(-c3ccccc3C)c2)CCC1=O. The molecule has 7 heteroatoms. The maximum atomic E-state index is 12.9. The number of methoxy groups -OCH3 is 1. The van der Waals surface area contributed by atoms with Gasteiger partial charge < -0.3 is 14.5 Å². The lowest BCUT2D eigenvalue weighted by molar-refractivity contribution is -0.143. The van der Waals surface area contributed by atoms with Crippen LogP contribution in [0.25, 0.3) is 5.69 Å². The van der Waals surface area contributed by atoms with Crippen LogP contribution in [0, 0.1) is 12.8 Å². The number of amides is 2. The molecule has 0 aliphatic carbocycles. The second-order valence-corrected chi connectivity index (χ2v) is 7.34. The van der Waals surface area contributed by atoms with Gasteiger partial charge in [-0.15, -0.1) is 0 Å². The second kappa shape index (κ2) is 9.01. The molecule has 0 spiro atoms. The molecule has 1 aliphatic rings. The number of carbonyl (C=O) groups is 2. The summed E-state index contributed by atoms with van der Waals surface area (Å²) < 4.78 is 6.91. The number of aryl methyl sites for hydroxylation is 1. The molecule has 1 aromatic carbocycles. The van der Waals surface area contributed by atoms with Gasteiger partial charge >= 0.3 is 0 Å². The number of piperidine rings is 1. The van der Waals surface area contributed by atoms with Crippen LogP contribution in [0.5, 0.6) is 0 Å². The smallest absolute Gasteiger partial charge is 0.227 e. The Morgan fingerprint density at radius 1 is 1.36 bits per heavy atom. The molecule has 3 rings (SSSR count). The standard InChI is InChI=1S/C21H28N4O3/c1-16-6-4-5-7-19(16)25-14-17(12-22-25)13-23(2)21(27)18-8-9-20(26)24(15-18)10-11-28-3/h4-7,12,14,18H,8-11,13,15H2,1-3H3/t18-/m1/s1. The van der Waals surface area contributed by atoms with E-state index in [0.717, 1.165) is 16.8 Å². The van der Waals surface area contributed by atoms with Gasteiger partial charge in [-0.2, -0.15) is 5.10 Å². The Balaban J connectivity index is 1.61. The Morgan fingerprint density at radius 3 is 2.89 bits per heavy atom. The van der Waals surface area contributed by atoms with E-state index in [4.69, 9.17) is 4.74 Å². The van der Waals surface area contributed by atoms with Gasteiger partial charge in [0.15, 0.2) is 0 Å². The minimum Gasteiger partial charge on any atom is -0.383 e. The number of hydrogen-bond donors (Lipinski definition) is 0. The molecule has 0 N–H and O–H groups in total. The highest BCUT2D eigenvalue weighted by molar-refractivity contribution is 5.83. The van der Waals surface area contributed by atoms with E-state index in [2.05, 4.69) is 5.10 Å². The molecule has 1 saturated heterocycles. The van der Waals surface area contributed by atoms with Crippen molar-refractivity contribution >= 4 is 11.8 Å². The average molecular weight is 384 g/mol. The average Bonchev–Trinajstić information content (AvgIpc) is 3.15. The molecule has 1 aliphatic heterocycles. The van der Waals surface area contributed by atoms with E-state index in [9.17, 15) is 9.59 Å². The maximum absolute atomic E-state index is 12.9. The van der Waals surface area contributed by atoms with Gasteiger partial charge in [0.25, 0.3) is 0 Å². The molecule has 0 unspecified atom stereocenters. The number of rotatable bonds is 7. The van der Waals surface area contributed by atoms with Gasteiger partial charge in [0.1, 0.15) is 0 Å². The number of likely N-dealkylation sites (tertiary alicyclic amines) is 1. The van der Waals surface area contributed by atoms with Crippen molar-refractivity contribution in [1.82, 2.24) is 19.6 Å². The zero-order valence-corrected chi connectivity index (χ0v) is 16.8. The van der Waals surface area contributed by atoms with Crippen molar-refractivity contribution in [2.75, 3.05) is 33.9 Å². The molecule has 0 saturated carbocycles. The lowest BCUT2D eigenvalue weighted by atomic mass is 9.96. The molecule has 2 amide bonds. The minimum absolute atomic E-state index is 0.0681. The molecule has 1 atom stereocenters. The van der Waals surface area contributed by atoms with Gasteiger partial charge in [-0.3, -0.25) is 9.59 Å². The third kappa shape index (κ3) is 4.59. The number of hydrogen-bond acceptors (Lipinski definition) is 4. The molecule has 2 aromatic rings. The molecule has 2 heterocycles. The number of aromatic nitrogens is 2. The summed E-state index contributed by atoms with van der Waals surface area (Å²) >= 11 is 0. The maximum Gasteiger partial charge on any atom is 0.227 e. The predicted octanol–water partition coefficient (Wildman–Crippen LogP) is 2.02. The fourth-order valence-electron chi connectivity index (χ4n) is 3.59. The quantitative estimate of drug-likeness (QED) is 0.733. The number of ether oxygens (including phenoxy) is 1. The van der Waals surface area contributed by atoms with Crippen molar-refractivity contribution in [2.24, 2.45) is 5.92 Å². The summed E-state index contributed by atoms with van der Waals surface area (Å²) in [5.74, 6) is 0.00721. The first-order valence-corrected chi connectivity index (χ1v) is 9.61. The normalized spacial score (nSPS) is 17.0. The first kappa shape index (κ1) is 20.1. The van der Waals surface area contributed by atoms with Gasteiger partial charge in [-0.1, -0.05) is 18.2 Å². The van der Waals surface area contributed by atoms with E-state index < -0.39 is 0 Å². The summed E-state index contributed by atoms with van der Waals surface area (Å²) in [6.45, 7) is 4.03. The van der Waals surface area contributed by atoms with Crippen LogP contribution in [-0.2, 0) is 20.9 Å². The van der Waals surface area contributed by atoms with E-state index in [0.29, 0.717) is 39.1 Å². The van der Waals surface area contributed by atoms with Gasteiger partial charge in [-0.05, 0) is 25.0 Å². The summed E-state index contributed by atoms with van der Waals surface area (Å²) in [6, 6.07) is 8.06. The molecular formula is C21H28N4O3. The number of carbonyl (C=O) groups excluding carboxylic acids is 2. The molecule has 7 nitrogen and oxygen atoms in total. The van der Waals surface area contributed by atoms with E-state index in [1.54, 1.807) is 23.1 Å². The van der Waals surface area contributed by atoms with Crippen LogP contribution in [0.3, 0.4) is 0 Å². The molecule has 1 fully saturated rings. The van der Waals surface area contributed by atoms with E-state index in [1.807, 2.05) is 49.1 Å². The van der Waals surface area contributed by atoms with Crippen molar-refractivity contribution in [3.63, 3.8) is 0 Å². The Kier molecular flexibility index (Phi) is 6.46. The van der Waals surface area contributed by atoms with Crippen LogP contribution in [0.15, 0.2) is 36.7 Å². The minimum atomic E-state index is -0.161. The monoisotopic (exact) mass is 384 g/mol. The van der Waals surface area contributed by atoms with Crippen LogP contribution >= 0.6 is 0 Å². The van der Waals surface area contributed by atoms with Crippen molar-refractivity contribution in [2.45, 2.75) is 26.3 Å². The van der Waals surface area contributed by atoms with Crippen LogP contribution in [-0.4, -0.2) is 65.2 Å². The van der Waals surface area contributed by atoms with Gasteiger partial charge in [0.05, 0.1) is 24.4 Å². The van der Waals surface area contributed by atoms with Gasteiger partial charge in [-0.25, -0.2) is 4.68 Å². The zero-order valence-electron chi connectivity index (χ0n) is 16.8. The summed E-state index contributed by atoms with van der Waals surface area (Å²) in [4.78, 5) is 28.4. The van der Waals surface area contributed by atoms with Crippen LogP contribution in [0.2, 0.25) is 0 Å². The van der Waals surface area contributed by atoms with Crippen molar-refractivity contribution in [3.05, 3.63) is 47.8 Å². The second-order valence-electron chi connectivity index (χ2n) is 7.34. The van der Waals surface area contributed by atoms with Gasteiger partial charge in [0.2, 0.25) is 11.8 Å². The predicted molar refractivity (Wildman–Crippen MR) is 106 cm³/mol. The number of para-hydroxylation sites is 1. The summed E-state index contributed by atoms with van der Waals surface area (Å²) in [6.07, 6.45) is 4.78. The van der Waals surface area contributed by atoms with Crippen LogP contribution in [0.4, 0.5) is 0 Å². The van der Waals surface area contributed by atoms with E-state index in [1.165, 1.54) is 0 Å². The van der Waals surface area contributed by atoms with Crippen molar-refractivity contribution in [1.29, 1.82) is 0 Å². The molecule has 0 bridgehead atoms.